The molecule has 0 fully saturated rings. The van der Waals surface area contributed by atoms with Crippen LogP contribution < -0.4 is 0 Å². The summed E-state index contributed by atoms with van der Waals surface area (Å²) in [7, 11) is 0. The van der Waals surface area contributed by atoms with Crippen molar-refractivity contribution in [3.05, 3.63) is 36.7 Å². The summed E-state index contributed by atoms with van der Waals surface area (Å²) in [6, 6.07) is 1.63. The van der Waals surface area contributed by atoms with Gasteiger partial charge in [0.1, 0.15) is 4.88 Å². The quantitative estimate of drug-likeness (QED) is 0.674. The van der Waals surface area contributed by atoms with Gasteiger partial charge < -0.3 is 15.2 Å². The van der Waals surface area contributed by atoms with E-state index in [0.717, 1.165) is 11.3 Å². The van der Waals surface area contributed by atoms with Crippen LogP contribution in [0, 0.1) is 10.1 Å². The van der Waals surface area contributed by atoms with E-state index in [1.54, 1.807) is 11.4 Å². The number of thiophene rings is 1. The summed E-state index contributed by atoms with van der Waals surface area (Å²) in [6.45, 7) is 0.104. The zero-order valence-corrected chi connectivity index (χ0v) is 11.0. The third kappa shape index (κ3) is 2.38. The van der Waals surface area contributed by atoms with Crippen LogP contribution >= 0.6 is 27.3 Å². The van der Waals surface area contributed by atoms with Gasteiger partial charge in [-0.25, -0.2) is 4.79 Å². The second-order valence-corrected chi connectivity index (χ2v) is 4.80. The first-order chi connectivity index (χ1) is 8.49. The van der Waals surface area contributed by atoms with E-state index in [2.05, 4.69) is 26.0 Å². The molecule has 0 radical (unpaired) electrons. The highest BCUT2D eigenvalue weighted by Gasteiger charge is 2.21. The number of hydrogen-bond donors (Lipinski definition) is 1. The second kappa shape index (κ2) is 4.82. The molecule has 8 nitrogen and oxygen atoms in total. The molecule has 10 heteroatoms. The van der Waals surface area contributed by atoms with Gasteiger partial charge in [0.2, 0.25) is 0 Å². The Morgan fingerprint density at radius 3 is 2.94 bits per heavy atom. The molecule has 0 aliphatic carbocycles. The van der Waals surface area contributed by atoms with Gasteiger partial charge in [-0.1, -0.05) is 0 Å². The molecule has 0 spiro atoms. The van der Waals surface area contributed by atoms with E-state index in [-0.39, 0.29) is 16.2 Å². The molecule has 0 atom stereocenters. The van der Waals surface area contributed by atoms with Crippen LogP contribution in [0.3, 0.4) is 0 Å². The van der Waals surface area contributed by atoms with Crippen LogP contribution in [-0.4, -0.2) is 30.8 Å². The first-order valence-electron chi connectivity index (χ1n) is 4.53. The molecule has 94 valence electrons. The van der Waals surface area contributed by atoms with Gasteiger partial charge in [-0.15, -0.1) is 11.3 Å². The van der Waals surface area contributed by atoms with Crippen molar-refractivity contribution in [3.8, 4) is 0 Å². The van der Waals surface area contributed by atoms with E-state index < -0.39 is 16.8 Å². The van der Waals surface area contributed by atoms with E-state index in [9.17, 15) is 14.9 Å². The fourth-order valence-corrected chi connectivity index (χ4v) is 2.42. The number of aromatic nitrogens is 3. The molecule has 18 heavy (non-hydrogen) atoms. The lowest BCUT2D eigenvalue weighted by Gasteiger charge is -1.97. The van der Waals surface area contributed by atoms with Crippen molar-refractivity contribution < 1.29 is 14.8 Å². The average molecular weight is 333 g/mol. The molecule has 2 heterocycles. The Kier molecular flexibility index (Phi) is 3.39. The average Bonchev–Trinajstić information content (AvgIpc) is 2.87. The van der Waals surface area contributed by atoms with Gasteiger partial charge in [-0.2, -0.15) is 4.68 Å². The number of carboxylic acid groups (broad SMARTS) is 1. The molecular weight excluding hydrogens is 328 g/mol. The van der Waals surface area contributed by atoms with Crippen LogP contribution in [0.5, 0.6) is 0 Å². The van der Waals surface area contributed by atoms with E-state index in [0.29, 0.717) is 5.56 Å². The summed E-state index contributed by atoms with van der Waals surface area (Å²) in [6.07, 6.45) is 0. The molecule has 0 aliphatic rings. The Bertz CT molecular complexity index is 622. The third-order valence-corrected chi connectivity index (χ3v) is 3.57. The second-order valence-electron chi connectivity index (χ2n) is 3.18. The summed E-state index contributed by atoms with van der Waals surface area (Å²) in [4.78, 5) is 24.5. The van der Waals surface area contributed by atoms with Crippen molar-refractivity contribution in [2.75, 3.05) is 0 Å². The Morgan fingerprint density at radius 1 is 1.67 bits per heavy atom. The van der Waals surface area contributed by atoms with Crippen molar-refractivity contribution in [2.45, 2.75) is 6.54 Å². The summed E-state index contributed by atoms with van der Waals surface area (Å²) in [5, 5.41) is 24.7. The number of carboxylic acids is 1. The Labute approximate surface area is 112 Å². The number of halogens is 1. The van der Waals surface area contributed by atoms with Crippen LogP contribution in [0.2, 0.25) is 0 Å². The van der Waals surface area contributed by atoms with E-state index >= 15 is 0 Å². The topological polar surface area (TPSA) is 111 Å². The maximum atomic E-state index is 10.9. The van der Waals surface area contributed by atoms with Gasteiger partial charge in [-0.05, 0) is 21.4 Å². The fourth-order valence-electron chi connectivity index (χ4n) is 1.30. The van der Waals surface area contributed by atoms with Crippen molar-refractivity contribution >= 4 is 39.2 Å². The SMILES string of the molecule is O=C(O)c1sccc1Cn1nc([N+](=O)[O-])nc1Br. The monoisotopic (exact) mass is 332 g/mol. The van der Waals surface area contributed by atoms with Crippen molar-refractivity contribution in [3.63, 3.8) is 0 Å². The zero-order valence-electron chi connectivity index (χ0n) is 8.61. The van der Waals surface area contributed by atoms with E-state index in [4.69, 9.17) is 5.11 Å². The van der Waals surface area contributed by atoms with Gasteiger partial charge in [0.25, 0.3) is 4.73 Å². The molecule has 0 bridgehead atoms. The summed E-state index contributed by atoms with van der Waals surface area (Å²) < 4.78 is 1.41. The molecule has 0 aliphatic heterocycles. The number of rotatable bonds is 4. The minimum Gasteiger partial charge on any atom is -0.477 e. The zero-order chi connectivity index (χ0) is 13.3. The van der Waals surface area contributed by atoms with Crippen LogP contribution in [0.15, 0.2) is 16.2 Å². The van der Waals surface area contributed by atoms with Gasteiger partial charge >= 0.3 is 11.9 Å². The predicted octanol–water partition coefficient (Wildman–Crippen LogP) is 1.76. The molecule has 0 saturated heterocycles. The molecule has 1 N–H and O–H groups in total. The lowest BCUT2D eigenvalue weighted by Crippen LogP contribution is -2.06. The Morgan fingerprint density at radius 2 is 2.39 bits per heavy atom. The summed E-state index contributed by atoms with van der Waals surface area (Å²) in [5.74, 6) is -1.57. The number of carbonyl (C=O) groups is 1. The number of nitro groups is 1. The molecule has 0 amide bonds. The van der Waals surface area contributed by atoms with Gasteiger partial charge in [0, 0.05) is 26.6 Å². The standard InChI is InChI=1S/C8H5BrN4O4S/c9-7-10-8(13(16)17)11-12(7)3-4-1-2-18-5(4)6(14)15/h1-2H,3H2,(H,14,15). The summed E-state index contributed by atoms with van der Waals surface area (Å²) in [5.41, 5.74) is 0.521. The molecule has 2 rings (SSSR count). The molecule has 0 saturated carbocycles. The van der Waals surface area contributed by atoms with Crippen LogP contribution in [0.4, 0.5) is 5.95 Å². The van der Waals surface area contributed by atoms with E-state index in [1.807, 2.05) is 0 Å². The van der Waals surface area contributed by atoms with Crippen LogP contribution in [0.25, 0.3) is 0 Å². The minimum absolute atomic E-state index is 0.104. The van der Waals surface area contributed by atoms with Crippen molar-refractivity contribution in [1.29, 1.82) is 0 Å². The highest BCUT2D eigenvalue weighted by atomic mass is 79.9. The Balaban J connectivity index is 2.31. The molecule has 0 aromatic carbocycles. The highest BCUT2D eigenvalue weighted by Crippen LogP contribution is 2.20. The van der Waals surface area contributed by atoms with Gasteiger partial charge in [0.15, 0.2) is 0 Å². The lowest BCUT2D eigenvalue weighted by atomic mass is 10.2. The van der Waals surface area contributed by atoms with Gasteiger partial charge in [-0.3, -0.25) is 0 Å². The van der Waals surface area contributed by atoms with Crippen molar-refractivity contribution in [1.82, 2.24) is 14.8 Å². The molecule has 2 aromatic rings. The predicted molar refractivity (Wildman–Crippen MR) is 64.8 cm³/mol. The largest absolute Gasteiger partial charge is 0.492 e. The maximum Gasteiger partial charge on any atom is 0.492 e. The maximum absolute atomic E-state index is 10.9. The smallest absolute Gasteiger partial charge is 0.477 e. The number of nitrogens with zero attached hydrogens (tertiary/aromatic N) is 4. The number of hydrogen-bond acceptors (Lipinski definition) is 6. The molecule has 0 unspecified atom stereocenters. The first kappa shape index (κ1) is 12.6. The van der Waals surface area contributed by atoms with E-state index in [1.165, 1.54) is 4.68 Å². The lowest BCUT2D eigenvalue weighted by molar-refractivity contribution is -0.394. The molecular formula is C8H5BrN4O4S. The first-order valence-corrected chi connectivity index (χ1v) is 6.20. The van der Waals surface area contributed by atoms with Gasteiger partial charge in [0.05, 0.1) is 6.54 Å². The summed E-state index contributed by atoms with van der Waals surface area (Å²) >= 11 is 4.12. The van der Waals surface area contributed by atoms with Crippen molar-refractivity contribution in [2.24, 2.45) is 0 Å². The third-order valence-electron chi connectivity index (χ3n) is 2.04. The normalized spacial score (nSPS) is 10.5. The molecule has 2 aromatic heterocycles. The fraction of sp³-hybridized carbons (Fsp3) is 0.125. The Hall–Kier alpha value is -1.81. The highest BCUT2D eigenvalue weighted by molar-refractivity contribution is 9.10. The number of aromatic carboxylic acids is 1. The van der Waals surface area contributed by atoms with Crippen LogP contribution in [-0.2, 0) is 6.54 Å². The van der Waals surface area contributed by atoms with Crippen LogP contribution in [0.1, 0.15) is 15.2 Å². The minimum atomic E-state index is -1.04.